The molecule has 0 aliphatic carbocycles. The minimum Gasteiger partial charge on any atom is -0.301 e. The highest BCUT2D eigenvalue weighted by Crippen LogP contribution is 2.09. The van der Waals surface area contributed by atoms with Crippen LogP contribution in [-0.2, 0) is 0 Å². The van der Waals surface area contributed by atoms with Gasteiger partial charge in [0.1, 0.15) is 5.38 Å². The molecule has 0 saturated carbocycles. The maximum absolute atomic E-state index is 8.39. The van der Waals surface area contributed by atoms with Crippen LogP contribution in [0.25, 0.3) is 0 Å². The molecule has 0 spiro atoms. The van der Waals surface area contributed by atoms with Crippen molar-refractivity contribution in [2.45, 2.75) is 18.2 Å². The van der Waals surface area contributed by atoms with Crippen molar-refractivity contribution in [1.82, 2.24) is 4.90 Å². The minimum absolute atomic E-state index is 0.321. The van der Waals surface area contributed by atoms with Gasteiger partial charge in [-0.15, -0.1) is 11.6 Å². The Morgan fingerprint density at radius 1 is 1.50 bits per heavy atom. The molecule has 0 aromatic carbocycles. The first-order valence-electron chi connectivity index (χ1n) is 3.59. The van der Waals surface area contributed by atoms with Crippen LogP contribution in [0, 0.1) is 11.3 Å². The largest absolute Gasteiger partial charge is 0.301 e. The molecule has 0 amide bonds. The van der Waals surface area contributed by atoms with E-state index in [0.29, 0.717) is 0 Å². The van der Waals surface area contributed by atoms with Crippen LogP contribution in [0.2, 0.25) is 0 Å². The van der Waals surface area contributed by atoms with Crippen LogP contribution in [0.3, 0.4) is 0 Å². The molecule has 1 rings (SSSR count). The van der Waals surface area contributed by atoms with Crippen molar-refractivity contribution < 1.29 is 0 Å². The van der Waals surface area contributed by atoms with Crippen LogP contribution in [0.1, 0.15) is 12.8 Å². The molecule has 0 aromatic heterocycles. The van der Waals surface area contributed by atoms with Gasteiger partial charge in [0.2, 0.25) is 0 Å². The molecular formula is C7H11ClN2. The second-order valence-corrected chi connectivity index (χ2v) is 3.13. The summed E-state index contributed by atoms with van der Waals surface area (Å²) in [5, 5.41) is 8.07. The normalized spacial score (nSPS) is 22.4. The summed E-state index contributed by atoms with van der Waals surface area (Å²) >= 11 is 5.64. The third-order valence-corrected chi connectivity index (χ3v) is 1.99. The van der Waals surface area contributed by atoms with Gasteiger partial charge in [-0.25, -0.2) is 0 Å². The van der Waals surface area contributed by atoms with Crippen molar-refractivity contribution in [3.05, 3.63) is 0 Å². The number of nitriles is 1. The molecule has 0 bridgehead atoms. The Bertz CT molecular complexity index is 135. The van der Waals surface area contributed by atoms with Gasteiger partial charge in [-0.1, -0.05) is 0 Å². The van der Waals surface area contributed by atoms with E-state index in [4.69, 9.17) is 16.9 Å². The molecule has 1 atom stereocenters. The van der Waals surface area contributed by atoms with Gasteiger partial charge in [0.05, 0.1) is 6.07 Å². The van der Waals surface area contributed by atoms with Crippen molar-refractivity contribution in [2.24, 2.45) is 0 Å². The van der Waals surface area contributed by atoms with Gasteiger partial charge in [-0.3, -0.25) is 0 Å². The summed E-state index contributed by atoms with van der Waals surface area (Å²) in [6.07, 6.45) is 2.52. The molecular weight excluding hydrogens is 148 g/mol. The number of hydrogen-bond donors (Lipinski definition) is 0. The van der Waals surface area contributed by atoms with Crippen molar-refractivity contribution in [1.29, 1.82) is 5.26 Å². The van der Waals surface area contributed by atoms with Gasteiger partial charge < -0.3 is 4.90 Å². The molecule has 0 radical (unpaired) electrons. The molecule has 56 valence electrons. The van der Waals surface area contributed by atoms with E-state index in [1.54, 1.807) is 0 Å². The Morgan fingerprint density at radius 3 is 2.60 bits per heavy atom. The zero-order chi connectivity index (χ0) is 7.40. The van der Waals surface area contributed by atoms with E-state index in [1.807, 2.05) is 6.07 Å². The van der Waals surface area contributed by atoms with E-state index >= 15 is 0 Å². The third kappa shape index (κ3) is 2.17. The van der Waals surface area contributed by atoms with Crippen LogP contribution in [0.15, 0.2) is 0 Å². The van der Waals surface area contributed by atoms with Gasteiger partial charge >= 0.3 is 0 Å². The summed E-state index contributed by atoms with van der Waals surface area (Å²) in [5.74, 6) is 0. The molecule has 3 heteroatoms. The average molecular weight is 159 g/mol. The first-order valence-corrected chi connectivity index (χ1v) is 4.02. The van der Waals surface area contributed by atoms with Crippen molar-refractivity contribution in [2.75, 3.05) is 19.6 Å². The van der Waals surface area contributed by atoms with Crippen LogP contribution in [0.4, 0.5) is 0 Å². The van der Waals surface area contributed by atoms with Crippen molar-refractivity contribution in [3.8, 4) is 6.07 Å². The molecule has 1 unspecified atom stereocenters. The third-order valence-electron chi connectivity index (χ3n) is 1.76. The Hall–Kier alpha value is -0.260. The highest BCUT2D eigenvalue weighted by Gasteiger charge is 2.14. The van der Waals surface area contributed by atoms with E-state index in [2.05, 4.69) is 4.90 Å². The lowest BCUT2D eigenvalue weighted by Crippen LogP contribution is -2.26. The SMILES string of the molecule is N#CC(Cl)CN1CCCC1. The fourth-order valence-corrected chi connectivity index (χ4v) is 1.43. The molecule has 1 aliphatic heterocycles. The summed E-state index contributed by atoms with van der Waals surface area (Å²) in [6.45, 7) is 2.97. The van der Waals surface area contributed by atoms with Gasteiger partial charge in [0, 0.05) is 6.54 Å². The molecule has 1 aliphatic rings. The minimum atomic E-state index is -0.321. The summed E-state index contributed by atoms with van der Waals surface area (Å²) in [6, 6.07) is 2.02. The fraction of sp³-hybridized carbons (Fsp3) is 0.857. The molecule has 1 fully saturated rings. The van der Waals surface area contributed by atoms with E-state index < -0.39 is 0 Å². The topological polar surface area (TPSA) is 27.0 Å². The van der Waals surface area contributed by atoms with E-state index in [1.165, 1.54) is 12.8 Å². The lowest BCUT2D eigenvalue weighted by atomic mass is 10.4. The summed E-state index contributed by atoms with van der Waals surface area (Å²) < 4.78 is 0. The number of likely N-dealkylation sites (tertiary alicyclic amines) is 1. The zero-order valence-electron chi connectivity index (χ0n) is 5.89. The lowest BCUT2D eigenvalue weighted by molar-refractivity contribution is 0.349. The van der Waals surface area contributed by atoms with Crippen molar-refractivity contribution in [3.63, 3.8) is 0 Å². The smallest absolute Gasteiger partial charge is 0.133 e. The molecule has 1 heterocycles. The summed E-state index contributed by atoms with van der Waals surface area (Å²) in [4.78, 5) is 2.24. The second-order valence-electron chi connectivity index (χ2n) is 2.60. The Balaban J connectivity index is 2.19. The zero-order valence-corrected chi connectivity index (χ0v) is 6.64. The van der Waals surface area contributed by atoms with Crippen LogP contribution >= 0.6 is 11.6 Å². The van der Waals surface area contributed by atoms with Gasteiger partial charge in [-0.2, -0.15) is 5.26 Å². The first-order chi connectivity index (χ1) is 4.83. The number of halogens is 1. The standard InChI is InChI=1S/C7H11ClN2/c8-7(5-9)6-10-3-1-2-4-10/h7H,1-4,6H2. The monoisotopic (exact) mass is 158 g/mol. The maximum atomic E-state index is 8.39. The van der Waals surface area contributed by atoms with Crippen LogP contribution in [-0.4, -0.2) is 29.9 Å². The summed E-state index contributed by atoms with van der Waals surface area (Å²) in [7, 11) is 0. The average Bonchev–Trinajstić information content (AvgIpc) is 2.40. The highest BCUT2D eigenvalue weighted by atomic mass is 35.5. The van der Waals surface area contributed by atoms with Crippen LogP contribution < -0.4 is 0 Å². The predicted octanol–water partition coefficient (Wildman–Crippen LogP) is 1.21. The number of hydrogen-bond acceptors (Lipinski definition) is 2. The van der Waals surface area contributed by atoms with Gasteiger partial charge in [0.15, 0.2) is 0 Å². The Labute approximate surface area is 66.4 Å². The van der Waals surface area contributed by atoms with E-state index in [-0.39, 0.29) is 5.38 Å². The summed E-state index contributed by atoms with van der Waals surface area (Å²) in [5.41, 5.74) is 0. The molecule has 2 nitrogen and oxygen atoms in total. The maximum Gasteiger partial charge on any atom is 0.133 e. The van der Waals surface area contributed by atoms with Crippen LogP contribution in [0.5, 0.6) is 0 Å². The highest BCUT2D eigenvalue weighted by molar-refractivity contribution is 6.22. The van der Waals surface area contributed by atoms with Crippen molar-refractivity contribution >= 4 is 11.6 Å². The second kappa shape index (κ2) is 3.80. The van der Waals surface area contributed by atoms with E-state index in [0.717, 1.165) is 19.6 Å². The quantitative estimate of drug-likeness (QED) is 0.565. The number of alkyl halides is 1. The predicted molar refractivity (Wildman–Crippen MR) is 40.9 cm³/mol. The lowest BCUT2D eigenvalue weighted by Gasteiger charge is -2.13. The molecule has 0 aromatic rings. The first kappa shape index (κ1) is 7.84. The Morgan fingerprint density at radius 2 is 2.10 bits per heavy atom. The Kier molecular flexibility index (Phi) is 2.98. The number of nitrogens with zero attached hydrogens (tertiary/aromatic N) is 2. The van der Waals surface area contributed by atoms with E-state index in [9.17, 15) is 0 Å². The molecule has 0 N–H and O–H groups in total. The molecule has 1 saturated heterocycles. The van der Waals surface area contributed by atoms with Gasteiger partial charge in [-0.05, 0) is 25.9 Å². The fourth-order valence-electron chi connectivity index (χ4n) is 1.23. The van der Waals surface area contributed by atoms with Gasteiger partial charge in [0.25, 0.3) is 0 Å². The molecule has 10 heavy (non-hydrogen) atoms. The number of rotatable bonds is 2.